The van der Waals surface area contributed by atoms with Gasteiger partial charge in [-0.05, 0) is 86.2 Å². The van der Waals surface area contributed by atoms with Crippen LogP contribution in [0, 0.1) is 0 Å². The summed E-state index contributed by atoms with van der Waals surface area (Å²) in [6, 6.07) is 54.5. The first kappa shape index (κ1) is 23.1. The second-order valence-electron chi connectivity index (χ2n) is 11.0. The van der Waals surface area contributed by atoms with Crippen LogP contribution in [0.1, 0.15) is 0 Å². The highest BCUT2D eigenvalue weighted by Gasteiger charge is 2.18. The normalized spacial score (nSPS) is 11.8. The van der Waals surface area contributed by atoms with E-state index in [1.54, 1.807) is 0 Å². The number of hydrogen-bond donors (Lipinski definition) is 0. The van der Waals surface area contributed by atoms with Crippen molar-refractivity contribution in [2.75, 3.05) is 4.90 Å². The van der Waals surface area contributed by atoms with E-state index in [1.165, 1.54) is 37.7 Å². The van der Waals surface area contributed by atoms with Crippen LogP contribution in [0.25, 0.3) is 65.0 Å². The van der Waals surface area contributed by atoms with E-state index in [9.17, 15) is 0 Å². The van der Waals surface area contributed by atoms with E-state index in [0.717, 1.165) is 44.4 Å². The van der Waals surface area contributed by atoms with Crippen LogP contribution in [-0.4, -0.2) is 0 Å². The summed E-state index contributed by atoms with van der Waals surface area (Å²) in [7, 11) is 0. The molecule has 0 saturated carbocycles. The third-order valence-corrected chi connectivity index (χ3v) is 8.58. The van der Waals surface area contributed by atoms with Gasteiger partial charge in [0.1, 0.15) is 11.2 Å². The Hall–Kier alpha value is -5.60. The molecule has 9 rings (SSSR count). The highest BCUT2D eigenvalue weighted by atomic mass is 16.3. The minimum atomic E-state index is 0.912. The molecule has 0 radical (unpaired) electrons. The highest BCUT2D eigenvalue weighted by Crippen LogP contribution is 2.43. The van der Waals surface area contributed by atoms with Gasteiger partial charge in [0.25, 0.3) is 0 Å². The zero-order chi connectivity index (χ0) is 27.6. The molecule has 2 nitrogen and oxygen atoms in total. The van der Waals surface area contributed by atoms with Gasteiger partial charge in [-0.2, -0.15) is 0 Å². The minimum Gasteiger partial charge on any atom is -0.456 e. The van der Waals surface area contributed by atoms with Crippen LogP contribution >= 0.6 is 0 Å². The minimum absolute atomic E-state index is 0.912. The van der Waals surface area contributed by atoms with Gasteiger partial charge in [-0.1, -0.05) is 103 Å². The van der Waals surface area contributed by atoms with Crippen LogP contribution in [-0.2, 0) is 0 Å². The first-order valence-electron chi connectivity index (χ1n) is 14.4. The Bertz CT molecular complexity index is 2470. The molecular formula is C40H25NO. The molecule has 1 heterocycles. The van der Waals surface area contributed by atoms with Crippen molar-refractivity contribution in [3.05, 3.63) is 152 Å². The van der Waals surface area contributed by atoms with E-state index >= 15 is 0 Å². The number of furan rings is 1. The predicted molar refractivity (Wildman–Crippen MR) is 178 cm³/mol. The molecule has 1 aromatic heterocycles. The molecule has 2 heteroatoms. The van der Waals surface area contributed by atoms with Crippen molar-refractivity contribution >= 4 is 82.1 Å². The standard InChI is InChI=1S/C40H25NO/c1-2-11-30(12-3-1)41(31-20-17-28-24-36-34-14-6-7-16-38(34)42-39(36)25-29(28)23-31)37-15-8-10-27-19-21-33-32-13-5-4-9-26(32)18-22-35(33)40(27)37/h1-25H. The van der Waals surface area contributed by atoms with Crippen molar-refractivity contribution in [3.63, 3.8) is 0 Å². The molecule has 196 valence electrons. The van der Waals surface area contributed by atoms with E-state index in [1.807, 2.05) is 12.1 Å². The molecule has 0 aliphatic heterocycles. The summed E-state index contributed by atoms with van der Waals surface area (Å²) in [5, 5.41) is 12.2. The molecule has 0 bridgehead atoms. The molecule has 0 N–H and O–H groups in total. The third-order valence-electron chi connectivity index (χ3n) is 8.58. The Morgan fingerprint density at radius 3 is 2.02 bits per heavy atom. The van der Waals surface area contributed by atoms with Crippen molar-refractivity contribution in [3.8, 4) is 0 Å². The lowest BCUT2D eigenvalue weighted by Gasteiger charge is -2.27. The molecule has 0 saturated heterocycles. The molecule has 8 aromatic carbocycles. The largest absolute Gasteiger partial charge is 0.456 e. The summed E-state index contributed by atoms with van der Waals surface area (Å²) in [6.07, 6.45) is 0. The van der Waals surface area contributed by atoms with Gasteiger partial charge in [0.2, 0.25) is 0 Å². The molecule has 42 heavy (non-hydrogen) atoms. The summed E-state index contributed by atoms with van der Waals surface area (Å²) >= 11 is 0. The molecule has 0 fully saturated rings. The van der Waals surface area contributed by atoms with Crippen LogP contribution in [0.4, 0.5) is 17.1 Å². The first-order valence-corrected chi connectivity index (χ1v) is 14.4. The van der Waals surface area contributed by atoms with Gasteiger partial charge < -0.3 is 9.32 Å². The molecule has 9 aromatic rings. The quantitative estimate of drug-likeness (QED) is 0.209. The van der Waals surface area contributed by atoms with Gasteiger partial charge in [-0.15, -0.1) is 0 Å². The zero-order valence-corrected chi connectivity index (χ0v) is 22.8. The Morgan fingerprint density at radius 2 is 1.10 bits per heavy atom. The predicted octanol–water partition coefficient (Wildman–Crippen LogP) is 11.7. The smallest absolute Gasteiger partial charge is 0.136 e. The SMILES string of the molecule is c1ccc(N(c2ccc3cc4c(cc3c2)oc2ccccc24)c2cccc3ccc4c5ccccc5ccc4c23)cc1. The van der Waals surface area contributed by atoms with Gasteiger partial charge in [0.05, 0.1) is 5.69 Å². The zero-order valence-electron chi connectivity index (χ0n) is 22.8. The van der Waals surface area contributed by atoms with Crippen LogP contribution in [0.3, 0.4) is 0 Å². The summed E-state index contributed by atoms with van der Waals surface area (Å²) in [5.74, 6) is 0. The number of fused-ring (bicyclic) bond motifs is 9. The van der Waals surface area contributed by atoms with Crippen LogP contribution in [0.5, 0.6) is 0 Å². The van der Waals surface area contributed by atoms with Crippen molar-refractivity contribution in [2.24, 2.45) is 0 Å². The molecule has 0 atom stereocenters. The van der Waals surface area contributed by atoms with Crippen molar-refractivity contribution in [2.45, 2.75) is 0 Å². The number of hydrogen-bond acceptors (Lipinski definition) is 2. The summed E-state index contributed by atoms with van der Waals surface area (Å²) in [4.78, 5) is 2.39. The third kappa shape index (κ3) is 3.45. The molecule has 0 aliphatic carbocycles. The van der Waals surface area contributed by atoms with Gasteiger partial charge in [-0.25, -0.2) is 0 Å². The van der Waals surface area contributed by atoms with E-state index in [-0.39, 0.29) is 0 Å². The van der Waals surface area contributed by atoms with Gasteiger partial charge in [0.15, 0.2) is 0 Å². The fraction of sp³-hybridized carbons (Fsp3) is 0. The Kier molecular flexibility index (Phi) is 4.93. The van der Waals surface area contributed by atoms with E-state index in [4.69, 9.17) is 4.42 Å². The van der Waals surface area contributed by atoms with Gasteiger partial charge in [0, 0.05) is 27.5 Å². The molecule has 0 aliphatic rings. The average Bonchev–Trinajstić information content (AvgIpc) is 3.41. The summed E-state index contributed by atoms with van der Waals surface area (Å²) in [5.41, 5.74) is 5.21. The molecule has 0 spiro atoms. The molecular weight excluding hydrogens is 510 g/mol. The lowest BCUT2D eigenvalue weighted by Crippen LogP contribution is -2.10. The maximum Gasteiger partial charge on any atom is 0.136 e. The number of nitrogens with zero attached hydrogens (tertiary/aromatic N) is 1. The maximum atomic E-state index is 6.26. The van der Waals surface area contributed by atoms with E-state index < -0.39 is 0 Å². The number of benzene rings is 8. The number of rotatable bonds is 3. The van der Waals surface area contributed by atoms with E-state index in [2.05, 4.69) is 144 Å². The van der Waals surface area contributed by atoms with Gasteiger partial charge >= 0.3 is 0 Å². The fourth-order valence-electron chi connectivity index (χ4n) is 6.64. The van der Waals surface area contributed by atoms with Crippen LogP contribution in [0.2, 0.25) is 0 Å². The molecule has 0 amide bonds. The molecule has 0 unspecified atom stereocenters. The first-order chi connectivity index (χ1) is 20.8. The number of anilines is 3. The second kappa shape index (κ2) is 8.95. The second-order valence-corrected chi connectivity index (χ2v) is 11.0. The Balaban J connectivity index is 1.32. The average molecular weight is 536 g/mol. The number of para-hydroxylation sites is 2. The monoisotopic (exact) mass is 535 g/mol. The lowest BCUT2D eigenvalue weighted by atomic mass is 9.95. The Labute approximate surface area is 242 Å². The maximum absolute atomic E-state index is 6.26. The fourth-order valence-corrected chi connectivity index (χ4v) is 6.64. The highest BCUT2D eigenvalue weighted by molar-refractivity contribution is 6.21. The van der Waals surface area contributed by atoms with Crippen molar-refractivity contribution < 1.29 is 4.42 Å². The summed E-state index contributed by atoms with van der Waals surface area (Å²) in [6.45, 7) is 0. The van der Waals surface area contributed by atoms with Crippen molar-refractivity contribution in [1.29, 1.82) is 0 Å². The Morgan fingerprint density at radius 1 is 0.357 bits per heavy atom. The van der Waals surface area contributed by atoms with Crippen LogP contribution in [0.15, 0.2) is 156 Å². The van der Waals surface area contributed by atoms with Crippen LogP contribution < -0.4 is 4.90 Å². The summed E-state index contributed by atoms with van der Waals surface area (Å²) < 4.78 is 6.26. The van der Waals surface area contributed by atoms with Crippen molar-refractivity contribution in [1.82, 2.24) is 0 Å². The van der Waals surface area contributed by atoms with Gasteiger partial charge in [-0.3, -0.25) is 0 Å². The topological polar surface area (TPSA) is 16.4 Å². The van der Waals surface area contributed by atoms with E-state index in [0.29, 0.717) is 0 Å². The lowest BCUT2D eigenvalue weighted by molar-refractivity contribution is 0.669.